The molecule has 2 N–H and O–H groups in total. The second-order valence-corrected chi connectivity index (χ2v) is 7.23. The van der Waals surface area contributed by atoms with Gasteiger partial charge in [-0.2, -0.15) is 0 Å². The molecule has 0 spiro atoms. The molecular weight excluding hydrogens is 380 g/mol. The first-order chi connectivity index (χ1) is 14.5. The maximum Gasteiger partial charge on any atom is 0.329 e. The summed E-state index contributed by atoms with van der Waals surface area (Å²) in [6, 6.07) is 17.1. The molecule has 3 aromatic rings. The maximum atomic E-state index is 12.7. The van der Waals surface area contributed by atoms with Crippen molar-refractivity contribution in [2.45, 2.75) is 32.9 Å². The van der Waals surface area contributed by atoms with Crippen LogP contribution in [0.2, 0.25) is 0 Å². The van der Waals surface area contributed by atoms with Gasteiger partial charge in [0.25, 0.3) is 5.56 Å². The van der Waals surface area contributed by atoms with Crippen molar-refractivity contribution in [1.29, 1.82) is 0 Å². The number of rotatable bonds is 9. The van der Waals surface area contributed by atoms with Crippen molar-refractivity contribution in [3.05, 3.63) is 81.0 Å². The zero-order chi connectivity index (χ0) is 21.5. The van der Waals surface area contributed by atoms with E-state index < -0.39 is 11.2 Å². The zero-order valence-corrected chi connectivity index (χ0v) is 17.4. The van der Waals surface area contributed by atoms with Crippen LogP contribution in [-0.2, 0) is 17.8 Å². The Morgan fingerprint density at radius 2 is 1.70 bits per heavy atom. The summed E-state index contributed by atoms with van der Waals surface area (Å²) in [5.74, 6) is -0.264. The number of fused-ring (bicyclic) bond motifs is 1. The fourth-order valence-corrected chi connectivity index (χ4v) is 3.79. The van der Waals surface area contributed by atoms with Crippen LogP contribution in [0.15, 0.2) is 64.2 Å². The van der Waals surface area contributed by atoms with E-state index in [-0.39, 0.29) is 18.5 Å². The van der Waals surface area contributed by atoms with Crippen molar-refractivity contribution >= 4 is 16.8 Å². The van der Waals surface area contributed by atoms with Gasteiger partial charge < -0.3 is 5.32 Å². The third-order valence-electron chi connectivity index (χ3n) is 5.38. The summed E-state index contributed by atoms with van der Waals surface area (Å²) in [6.07, 6.45) is 0.824. The van der Waals surface area contributed by atoms with Crippen LogP contribution in [0.25, 0.3) is 10.9 Å². The lowest BCUT2D eigenvalue weighted by atomic mass is 10.0. The molecule has 2 aromatic carbocycles. The van der Waals surface area contributed by atoms with Gasteiger partial charge in [-0.15, -0.1) is 0 Å². The van der Waals surface area contributed by atoms with E-state index in [0.29, 0.717) is 17.4 Å². The number of hydrogen-bond acceptors (Lipinski definition) is 4. The minimum atomic E-state index is -0.585. The average Bonchev–Trinajstić information content (AvgIpc) is 2.76. The molecular formula is C23H28N4O3. The largest absolute Gasteiger partial charge is 0.353 e. The Kier molecular flexibility index (Phi) is 7.19. The Bertz CT molecular complexity index is 1100. The number of likely N-dealkylation sites (N-methyl/N-ethyl adjacent to an activating group) is 1. The number of nitrogens with zero attached hydrogens (tertiary/aromatic N) is 2. The summed E-state index contributed by atoms with van der Waals surface area (Å²) in [5.41, 5.74) is 0.632. The van der Waals surface area contributed by atoms with E-state index in [9.17, 15) is 14.4 Å². The van der Waals surface area contributed by atoms with Crippen molar-refractivity contribution in [3.8, 4) is 0 Å². The molecule has 30 heavy (non-hydrogen) atoms. The molecule has 3 rings (SSSR count). The number of aromatic nitrogens is 2. The molecule has 1 heterocycles. The van der Waals surface area contributed by atoms with Gasteiger partial charge in [0.15, 0.2) is 0 Å². The monoisotopic (exact) mass is 408 g/mol. The van der Waals surface area contributed by atoms with Crippen LogP contribution in [0.3, 0.4) is 0 Å². The number of hydrogen-bond donors (Lipinski definition) is 2. The van der Waals surface area contributed by atoms with Gasteiger partial charge in [0.2, 0.25) is 5.91 Å². The van der Waals surface area contributed by atoms with Crippen LogP contribution in [-0.4, -0.2) is 46.0 Å². The topological polar surface area (TPSA) is 87.2 Å². The summed E-state index contributed by atoms with van der Waals surface area (Å²) in [4.78, 5) is 41.5. The molecule has 0 unspecified atom stereocenters. The first-order valence-corrected chi connectivity index (χ1v) is 10.3. The van der Waals surface area contributed by atoms with Gasteiger partial charge in [0.1, 0.15) is 6.54 Å². The zero-order valence-electron chi connectivity index (χ0n) is 17.4. The molecule has 1 atom stereocenters. The number of aromatic amines is 1. The van der Waals surface area contributed by atoms with Gasteiger partial charge >= 0.3 is 5.69 Å². The molecule has 0 radical (unpaired) electrons. The van der Waals surface area contributed by atoms with Gasteiger partial charge in [-0.3, -0.25) is 24.0 Å². The van der Waals surface area contributed by atoms with Gasteiger partial charge in [-0.05, 0) is 37.2 Å². The molecule has 0 fully saturated rings. The highest BCUT2D eigenvalue weighted by Gasteiger charge is 2.18. The predicted octanol–water partition coefficient (Wildman–Crippen LogP) is 1.76. The van der Waals surface area contributed by atoms with Crippen molar-refractivity contribution in [2.24, 2.45) is 0 Å². The lowest BCUT2D eigenvalue weighted by Crippen LogP contribution is -2.46. The van der Waals surface area contributed by atoms with E-state index in [2.05, 4.69) is 41.2 Å². The number of carbonyl (C=O) groups excluding carboxylic acids is 1. The minimum absolute atomic E-state index is 0.146. The number of amides is 1. The standard InChI is InChI=1S/C23H28N4O3/c1-3-26(4-2)18(14-17-10-6-5-7-11-17)15-24-21(28)16-27-20-13-9-8-12-19(20)22(29)25-23(27)30/h5-13,18H,3-4,14-16H2,1-2H3,(H,24,28)(H,25,29,30)/t18-/m0/s1. The molecule has 1 aromatic heterocycles. The molecule has 0 saturated heterocycles. The fourth-order valence-electron chi connectivity index (χ4n) is 3.79. The quantitative estimate of drug-likeness (QED) is 0.565. The molecule has 0 aliphatic rings. The highest BCUT2D eigenvalue weighted by Crippen LogP contribution is 2.09. The Labute approximate surface area is 175 Å². The summed E-state index contributed by atoms with van der Waals surface area (Å²) < 4.78 is 1.30. The van der Waals surface area contributed by atoms with Gasteiger partial charge in [-0.25, -0.2) is 4.79 Å². The van der Waals surface area contributed by atoms with E-state index in [1.165, 1.54) is 10.1 Å². The smallest absolute Gasteiger partial charge is 0.329 e. The third-order valence-corrected chi connectivity index (χ3v) is 5.38. The van der Waals surface area contributed by atoms with Crippen molar-refractivity contribution in [2.75, 3.05) is 19.6 Å². The molecule has 0 aliphatic heterocycles. The van der Waals surface area contributed by atoms with E-state index in [0.717, 1.165) is 19.5 Å². The lowest BCUT2D eigenvalue weighted by molar-refractivity contribution is -0.121. The van der Waals surface area contributed by atoms with Crippen molar-refractivity contribution < 1.29 is 4.79 Å². The second kappa shape index (κ2) is 10.0. The number of H-pyrrole nitrogens is 1. The van der Waals surface area contributed by atoms with Gasteiger partial charge in [0, 0.05) is 12.6 Å². The SMILES string of the molecule is CCN(CC)[C@H](CNC(=O)Cn1c(=O)[nH]c(=O)c2ccccc21)Cc1ccccc1. The summed E-state index contributed by atoms with van der Waals surface area (Å²) in [6.45, 7) is 6.31. The number of benzene rings is 2. The number of nitrogens with one attached hydrogen (secondary N) is 2. The van der Waals surface area contributed by atoms with Crippen LogP contribution >= 0.6 is 0 Å². The van der Waals surface area contributed by atoms with Crippen molar-refractivity contribution in [3.63, 3.8) is 0 Å². The Balaban J connectivity index is 1.74. The van der Waals surface area contributed by atoms with Crippen LogP contribution in [0.5, 0.6) is 0 Å². The third kappa shape index (κ3) is 5.04. The molecule has 0 saturated carbocycles. The molecule has 0 aliphatic carbocycles. The number of para-hydroxylation sites is 1. The molecule has 158 valence electrons. The lowest BCUT2D eigenvalue weighted by Gasteiger charge is -2.30. The van der Waals surface area contributed by atoms with Crippen LogP contribution in [0.4, 0.5) is 0 Å². The maximum absolute atomic E-state index is 12.7. The fraction of sp³-hybridized carbons (Fsp3) is 0.348. The van der Waals surface area contributed by atoms with E-state index in [1.54, 1.807) is 24.3 Å². The molecule has 7 nitrogen and oxygen atoms in total. The van der Waals surface area contributed by atoms with Crippen LogP contribution < -0.4 is 16.6 Å². The summed E-state index contributed by atoms with van der Waals surface area (Å²) in [5, 5.41) is 3.36. The summed E-state index contributed by atoms with van der Waals surface area (Å²) >= 11 is 0. The van der Waals surface area contributed by atoms with Crippen LogP contribution in [0, 0.1) is 0 Å². The molecule has 1 amide bonds. The Morgan fingerprint density at radius 1 is 1.03 bits per heavy atom. The van der Waals surface area contributed by atoms with E-state index in [4.69, 9.17) is 0 Å². The first kappa shape index (κ1) is 21.5. The van der Waals surface area contributed by atoms with E-state index >= 15 is 0 Å². The van der Waals surface area contributed by atoms with Gasteiger partial charge in [-0.1, -0.05) is 56.3 Å². The van der Waals surface area contributed by atoms with Gasteiger partial charge in [0.05, 0.1) is 10.9 Å². The predicted molar refractivity (Wildman–Crippen MR) is 119 cm³/mol. The Hall–Kier alpha value is -3.19. The van der Waals surface area contributed by atoms with Crippen LogP contribution in [0.1, 0.15) is 19.4 Å². The summed E-state index contributed by atoms with van der Waals surface area (Å²) in [7, 11) is 0. The number of carbonyl (C=O) groups is 1. The minimum Gasteiger partial charge on any atom is -0.353 e. The van der Waals surface area contributed by atoms with E-state index in [1.807, 2.05) is 18.2 Å². The van der Waals surface area contributed by atoms with Crippen molar-refractivity contribution in [1.82, 2.24) is 19.8 Å². The average molecular weight is 409 g/mol. The second-order valence-electron chi connectivity index (χ2n) is 7.23. The highest BCUT2D eigenvalue weighted by molar-refractivity contribution is 5.81. The normalized spacial score (nSPS) is 12.2. The highest BCUT2D eigenvalue weighted by atomic mass is 16.2. The first-order valence-electron chi connectivity index (χ1n) is 10.3. The molecule has 7 heteroatoms. The molecule has 0 bridgehead atoms. The Morgan fingerprint density at radius 3 is 2.40 bits per heavy atom.